The Hall–Kier alpha value is -2.58. The molecule has 0 aliphatic carbocycles. The Bertz CT molecular complexity index is 639. The number of esters is 1. The largest absolute Gasteiger partial charge is 0.449 e. The highest BCUT2D eigenvalue weighted by Crippen LogP contribution is 2.14. The average Bonchev–Trinajstić information content (AvgIpc) is 3.00. The average molecular weight is 285 g/mol. The molecule has 0 unspecified atom stereocenters. The maximum Gasteiger partial charge on any atom is 0.339 e. The van der Waals surface area contributed by atoms with E-state index in [2.05, 4.69) is 11.2 Å². The van der Waals surface area contributed by atoms with Gasteiger partial charge in [0.25, 0.3) is 5.91 Å². The zero-order chi connectivity index (χ0) is 14.4. The van der Waals surface area contributed by atoms with Gasteiger partial charge in [0.05, 0.1) is 10.4 Å². The molecule has 0 aliphatic rings. The Morgan fingerprint density at radius 2 is 2.00 bits per heavy atom. The van der Waals surface area contributed by atoms with Crippen molar-refractivity contribution in [3.05, 3.63) is 52.2 Å². The number of rotatable bonds is 4. The number of thiophene rings is 1. The first-order valence-electron chi connectivity index (χ1n) is 5.76. The van der Waals surface area contributed by atoms with Crippen LogP contribution in [0.15, 0.2) is 41.8 Å². The molecule has 4 nitrogen and oxygen atoms in total. The van der Waals surface area contributed by atoms with E-state index in [4.69, 9.17) is 11.2 Å². The summed E-state index contributed by atoms with van der Waals surface area (Å²) in [6.45, 7) is -0.0598. The Labute approximate surface area is 120 Å². The number of hydrogen-bond acceptors (Lipinski definition) is 4. The van der Waals surface area contributed by atoms with Crippen molar-refractivity contribution in [3.8, 4) is 12.3 Å². The van der Waals surface area contributed by atoms with Gasteiger partial charge in [0, 0.05) is 5.69 Å². The number of carbonyl (C=O) groups excluding carboxylic acids is 2. The highest BCUT2D eigenvalue weighted by Gasteiger charge is 2.09. The van der Waals surface area contributed by atoms with Crippen molar-refractivity contribution in [1.82, 2.24) is 0 Å². The van der Waals surface area contributed by atoms with E-state index in [1.807, 2.05) is 11.4 Å². The van der Waals surface area contributed by atoms with Crippen molar-refractivity contribution in [2.45, 2.75) is 0 Å². The third-order valence-electron chi connectivity index (χ3n) is 2.41. The van der Waals surface area contributed by atoms with Gasteiger partial charge in [-0.3, -0.25) is 4.79 Å². The molecule has 1 amide bonds. The molecule has 0 saturated carbocycles. The second-order valence-corrected chi connectivity index (χ2v) is 4.74. The third kappa shape index (κ3) is 3.46. The van der Waals surface area contributed by atoms with Crippen molar-refractivity contribution >= 4 is 28.9 Å². The summed E-state index contributed by atoms with van der Waals surface area (Å²) in [7, 11) is 0. The molecule has 1 aromatic carbocycles. The molecule has 1 N–H and O–H groups in total. The minimum atomic E-state index is -0.487. The van der Waals surface area contributed by atoms with Crippen LogP contribution >= 0.6 is 11.3 Å². The lowest BCUT2D eigenvalue weighted by molar-refractivity contribution is 0.0556. The Morgan fingerprint density at radius 1 is 1.25 bits per heavy atom. The molecule has 5 heteroatoms. The van der Waals surface area contributed by atoms with Crippen LogP contribution in [0, 0.1) is 12.3 Å². The third-order valence-corrected chi connectivity index (χ3v) is 3.28. The fourth-order valence-corrected chi connectivity index (χ4v) is 2.10. The Balaban J connectivity index is 2.00. The minimum Gasteiger partial charge on any atom is -0.449 e. The summed E-state index contributed by atoms with van der Waals surface area (Å²) in [5.41, 5.74) is 0.992. The highest BCUT2D eigenvalue weighted by molar-refractivity contribution is 7.12. The van der Waals surface area contributed by atoms with Gasteiger partial charge in [-0.1, -0.05) is 12.0 Å². The first kappa shape index (κ1) is 13.8. The fraction of sp³-hybridized carbons (Fsp3) is 0.0667. The molecule has 20 heavy (non-hydrogen) atoms. The van der Waals surface area contributed by atoms with Crippen molar-refractivity contribution < 1.29 is 14.3 Å². The molecule has 0 bridgehead atoms. The second-order valence-electron chi connectivity index (χ2n) is 3.79. The number of hydrogen-bond donors (Lipinski definition) is 1. The minimum absolute atomic E-state index is 0.0598. The van der Waals surface area contributed by atoms with Gasteiger partial charge in [0.2, 0.25) is 0 Å². The molecular formula is C15H11NO3S. The molecule has 0 aliphatic heterocycles. The van der Waals surface area contributed by atoms with Crippen molar-refractivity contribution in [1.29, 1.82) is 0 Å². The number of amides is 1. The Kier molecular flexibility index (Phi) is 4.53. The Morgan fingerprint density at radius 3 is 2.60 bits per heavy atom. The zero-order valence-corrected chi connectivity index (χ0v) is 11.3. The smallest absolute Gasteiger partial charge is 0.339 e. The summed E-state index contributed by atoms with van der Waals surface area (Å²) in [6.07, 6.45) is 5.01. The number of benzene rings is 1. The first-order valence-corrected chi connectivity index (χ1v) is 6.64. The normalized spacial score (nSPS) is 9.55. The van der Waals surface area contributed by atoms with E-state index in [0.29, 0.717) is 16.1 Å². The maximum absolute atomic E-state index is 11.8. The van der Waals surface area contributed by atoms with Crippen LogP contribution in [0.1, 0.15) is 20.0 Å². The summed E-state index contributed by atoms with van der Waals surface area (Å²) in [5, 5.41) is 4.57. The van der Waals surface area contributed by atoms with Gasteiger partial charge >= 0.3 is 5.97 Å². The zero-order valence-electron chi connectivity index (χ0n) is 10.5. The fourth-order valence-electron chi connectivity index (χ4n) is 1.48. The molecule has 1 aromatic heterocycles. The lowest BCUT2D eigenvalue weighted by Crippen LogP contribution is -2.10. The van der Waals surface area contributed by atoms with Crippen LogP contribution in [0.5, 0.6) is 0 Å². The first-order chi connectivity index (χ1) is 9.70. The van der Waals surface area contributed by atoms with Gasteiger partial charge in [-0.25, -0.2) is 4.79 Å². The van der Waals surface area contributed by atoms with Crippen LogP contribution in [0.4, 0.5) is 5.69 Å². The van der Waals surface area contributed by atoms with Crippen molar-refractivity contribution in [2.24, 2.45) is 0 Å². The summed E-state index contributed by atoms with van der Waals surface area (Å²) in [6, 6.07) is 9.97. The number of ether oxygens (including phenoxy) is 1. The van der Waals surface area contributed by atoms with Gasteiger partial charge in [-0.15, -0.1) is 17.8 Å². The predicted octanol–water partition coefficient (Wildman–Crippen LogP) is 2.79. The van der Waals surface area contributed by atoms with Crippen LogP contribution in [-0.4, -0.2) is 18.5 Å². The summed E-state index contributed by atoms with van der Waals surface area (Å²) in [4.78, 5) is 24.0. The topological polar surface area (TPSA) is 55.4 Å². The lowest BCUT2D eigenvalue weighted by atomic mass is 10.2. The van der Waals surface area contributed by atoms with Gasteiger partial charge in [-0.05, 0) is 35.7 Å². The SMILES string of the molecule is C#CCOC(=O)c1ccc(NC(=O)c2cccs2)cc1. The van der Waals surface area contributed by atoms with Gasteiger partial charge in [0.1, 0.15) is 0 Å². The van der Waals surface area contributed by atoms with E-state index in [9.17, 15) is 9.59 Å². The molecule has 2 rings (SSSR count). The van der Waals surface area contributed by atoms with E-state index in [-0.39, 0.29) is 12.5 Å². The molecule has 0 saturated heterocycles. The van der Waals surface area contributed by atoms with Gasteiger partial charge in [0.15, 0.2) is 6.61 Å². The summed E-state index contributed by atoms with van der Waals surface area (Å²) in [5.74, 6) is 1.56. The molecule has 0 fully saturated rings. The summed E-state index contributed by atoms with van der Waals surface area (Å²) >= 11 is 1.36. The standard InChI is InChI=1S/C15H11NO3S/c1-2-9-19-15(18)11-5-7-12(8-6-11)16-14(17)13-4-3-10-20-13/h1,3-8,10H,9H2,(H,16,17). The van der Waals surface area contributed by atoms with Crippen molar-refractivity contribution in [2.75, 3.05) is 11.9 Å². The number of carbonyl (C=O) groups is 2. The van der Waals surface area contributed by atoms with Crippen molar-refractivity contribution in [3.63, 3.8) is 0 Å². The van der Waals surface area contributed by atoms with E-state index < -0.39 is 5.97 Å². The van der Waals surface area contributed by atoms with Crippen LogP contribution in [-0.2, 0) is 4.74 Å². The van der Waals surface area contributed by atoms with E-state index in [1.54, 1.807) is 30.3 Å². The molecule has 0 spiro atoms. The maximum atomic E-state index is 11.8. The van der Waals surface area contributed by atoms with Gasteiger partial charge in [-0.2, -0.15) is 0 Å². The van der Waals surface area contributed by atoms with Crippen LogP contribution in [0.2, 0.25) is 0 Å². The molecule has 2 aromatic rings. The number of nitrogens with one attached hydrogen (secondary N) is 1. The van der Waals surface area contributed by atoms with Gasteiger partial charge < -0.3 is 10.1 Å². The van der Waals surface area contributed by atoms with E-state index >= 15 is 0 Å². The molecule has 1 heterocycles. The molecule has 100 valence electrons. The van der Waals surface area contributed by atoms with E-state index in [0.717, 1.165) is 0 Å². The monoisotopic (exact) mass is 285 g/mol. The number of anilines is 1. The molecular weight excluding hydrogens is 274 g/mol. The number of terminal acetylenes is 1. The van der Waals surface area contributed by atoms with Crippen LogP contribution < -0.4 is 5.32 Å². The quantitative estimate of drug-likeness (QED) is 0.694. The lowest BCUT2D eigenvalue weighted by Gasteiger charge is -2.05. The van der Waals surface area contributed by atoms with E-state index in [1.165, 1.54) is 11.3 Å². The summed E-state index contributed by atoms with van der Waals surface area (Å²) < 4.78 is 4.80. The second kappa shape index (κ2) is 6.55. The van der Waals surface area contributed by atoms with Crippen LogP contribution in [0.25, 0.3) is 0 Å². The molecule has 0 atom stereocenters. The molecule has 0 radical (unpaired) electrons. The predicted molar refractivity (Wildman–Crippen MR) is 77.8 cm³/mol. The van der Waals surface area contributed by atoms with Crippen LogP contribution in [0.3, 0.4) is 0 Å². The highest BCUT2D eigenvalue weighted by atomic mass is 32.1.